The molecule has 0 radical (unpaired) electrons. The zero-order valence-electron chi connectivity index (χ0n) is 10.3. The van der Waals surface area contributed by atoms with Gasteiger partial charge in [-0.15, -0.1) is 0 Å². The van der Waals surface area contributed by atoms with E-state index in [1.54, 1.807) is 0 Å². The Bertz CT molecular complexity index is 383. The van der Waals surface area contributed by atoms with Crippen LogP contribution in [0.3, 0.4) is 0 Å². The molecule has 16 heavy (non-hydrogen) atoms. The van der Waals surface area contributed by atoms with E-state index in [1.165, 1.54) is 7.11 Å². The van der Waals surface area contributed by atoms with Crippen molar-refractivity contribution in [3.63, 3.8) is 0 Å². The molecule has 3 nitrogen and oxygen atoms in total. The third-order valence-corrected chi connectivity index (χ3v) is 2.28. The van der Waals surface area contributed by atoms with Gasteiger partial charge in [0.25, 0.3) is 0 Å². The second kappa shape index (κ2) is 5.66. The van der Waals surface area contributed by atoms with Crippen molar-refractivity contribution < 1.29 is 14.3 Å². The summed E-state index contributed by atoms with van der Waals surface area (Å²) in [4.78, 5) is 11.8. The fourth-order valence-electron chi connectivity index (χ4n) is 1.71. The number of carbonyl (C=O) groups is 1. The Hall–Kier alpha value is -1.35. The lowest BCUT2D eigenvalue weighted by atomic mass is 10.0. The summed E-state index contributed by atoms with van der Waals surface area (Å²) in [6.07, 6.45) is 0. The first-order valence-corrected chi connectivity index (χ1v) is 5.36. The molecule has 0 aliphatic carbocycles. The molecule has 0 aromatic heterocycles. The number of methoxy groups -OCH3 is 1. The summed E-state index contributed by atoms with van der Waals surface area (Å²) in [6, 6.07) is 3.86. The molecule has 1 rings (SSSR count). The fraction of sp³-hybridized carbons (Fsp3) is 0.462. The zero-order chi connectivity index (χ0) is 12.1. The second-order valence-electron chi connectivity index (χ2n) is 3.75. The van der Waals surface area contributed by atoms with E-state index >= 15 is 0 Å². The lowest BCUT2D eigenvalue weighted by Gasteiger charge is -2.13. The summed E-state index contributed by atoms with van der Waals surface area (Å²) in [5, 5.41) is 0. The summed E-state index contributed by atoms with van der Waals surface area (Å²) >= 11 is 0. The average molecular weight is 222 g/mol. The van der Waals surface area contributed by atoms with E-state index in [9.17, 15) is 4.79 Å². The molecule has 0 heterocycles. The van der Waals surface area contributed by atoms with E-state index in [0.717, 1.165) is 11.1 Å². The maximum Gasteiger partial charge on any atom is 0.192 e. The molecule has 1 aromatic carbocycles. The highest BCUT2D eigenvalue weighted by Gasteiger charge is 2.15. The van der Waals surface area contributed by atoms with Gasteiger partial charge in [-0.3, -0.25) is 4.79 Å². The average Bonchev–Trinajstić information content (AvgIpc) is 2.22. The molecule has 0 unspecified atom stereocenters. The number of aryl methyl sites for hydroxylation is 2. The minimum atomic E-state index is -0.0437. The van der Waals surface area contributed by atoms with Gasteiger partial charge in [-0.2, -0.15) is 0 Å². The van der Waals surface area contributed by atoms with E-state index in [4.69, 9.17) is 9.47 Å². The number of Topliss-reactive ketones (excluding diaryl/α,β-unsaturated/α-hetero) is 1. The molecule has 0 spiro atoms. The van der Waals surface area contributed by atoms with Gasteiger partial charge in [-0.1, -0.05) is 6.07 Å². The maximum atomic E-state index is 11.8. The molecule has 0 fully saturated rings. The predicted molar refractivity (Wildman–Crippen MR) is 63.3 cm³/mol. The summed E-state index contributed by atoms with van der Waals surface area (Å²) < 4.78 is 10.4. The van der Waals surface area contributed by atoms with Gasteiger partial charge in [0.1, 0.15) is 12.4 Å². The second-order valence-corrected chi connectivity index (χ2v) is 3.75. The first kappa shape index (κ1) is 12.7. The zero-order valence-corrected chi connectivity index (χ0v) is 10.3. The topological polar surface area (TPSA) is 35.5 Å². The van der Waals surface area contributed by atoms with Crippen LogP contribution < -0.4 is 4.74 Å². The van der Waals surface area contributed by atoms with Gasteiger partial charge in [-0.25, -0.2) is 0 Å². The lowest BCUT2D eigenvalue weighted by Crippen LogP contribution is -2.11. The summed E-state index contributed by atoms with van der Waals surface area (Å²) in [5.41, 5.74) is 2.66. The van der Waals surface area contributed by atoms with Crippen LogP contribution in [-0.4, -0.2) is 26.1 Å². The van der Waals surface area contributed by atoms with Crippen LogP contribution in [-0.2, 0) is 4.74 Å². The molecular formula is C13H18O3. The largest absolute Gasteiger partial charge is 0.493 e. The monoisotopic (exact) mass is 222 g/mol. The molecule has 1 aromatic rings. The van der Waals surface area contributed by atoms with Crippen molar-refractivity contribution in [3.05, 3.63) is 28.8 Å². The van der Waals surface area contributed by atoms with E-state index in [-0.39, 0.29) is 12.4 Å². The Kier molecular flexibility index (Phi) is 4.50. The molecule has 0 saturated heterocycles. The predicted octanol–water partition coefficient (Wildman–Crippen LogP) is 2.53. The van der Waals surface area contributed by atoms with Crippen LogP contribution in [0.2, 0.25) is 0 Å². The molecule has 3 heteroatoms. The molecule has 0 amide bonds. The van der Waals surface area contributed by atoms with Crippen molar-refractivity contribution in [2.75, 3.05) is 20.3 Å². The van der Waals surface area contributed by atoms with Crippen LogP contribution in [0, 0.1) is 13.8 Å². The van der Waals surface area contributed by atoms with E-state index in [1.807, 2.05) is 32.9 Å². The normalized spacial score (nSPS) is 10.2. The summed E-state index contributed by atoms with van der Waals surface area (Å²) in [7, 11) is 1.51. The van der Waals surface area contributed by atoms with Gasteiger partial charge in [-0.05, 0) is 38.0 Å². The third kappa shape index (κ3) is 2.83. The molecule has 0 N–H and O–H groups in total. The Morgan fingerprint density at radius 2 is 2.00 bits per heavy atom. The van der Waals surface area contributed by atoms with Crippen molar-refractivity contribution in [2.24, 2.45) is 0 Å². The quantitative estimate of drug-likeness (QED) is 0.718. The van der Waals surface area contributed by atoms with E-state index in [0.29, 0.717) is 17.9 Å². The smallest absolute Gasteiger partial charge is 0.192 e. The highest BCUT2D eigenvalue weighted by Crippen LogP contribution is 2.25. The van der Waals surface area contributed by atoms with E-state index in [2.05, 4.69) is 0 Å². The van der Waals surface area contributed by atoms with Gasteiger partial charge < -0.3 is 9.47 Å². The first-order chi connectivity index (χ1) is 7.60. The number of hydrogen-bond acceptors (Lipinski definition) is 3. The van der Waals surface area contributed by atoms with Crippen LogP contribution >= 0.6 is 0 Å². The molecule has 0 atom stereocenters. The van der Waals surface area contributed by atoms with Crippen molar-refractivity contribution >= 4 is 5.78 Å². The van der Waals surface area contributed by atoms with Crippen LogP contribution in [0.15, 0.2) is 12.1 Å². The Morgan fingerprint density at radius 1 is 1.31 bits per heavy atom. The Labute approximate surface area is 96.4 Å². The molecular weight excluding hydrogens is 204 g/mol. The van der Waals surface area contributed by atoms with Crippen LogP contribution in [0.4, 0.5) is 0 Å². The molecule has 0 aliphatic heterocycles. The number of benzene rings is 1. The highest BCUT2D eigenvalue weighted by atomic mass is 16.5. The van der Waals surface area contributed by atoms with Crippen molar-refractivity contribution in [1.82, 2.24) is 0 Å². The van der Waals surface area contributed by atoms with Crippen molar-refractivity contribution in [1.29, 1.82) is 0 Å². The molecule has 0 bridgehead atoms. The number of ether oxygens (including phenoxy) is 2. The highest BCUT2D eigenvalue weighted by molar-refractivity contribution is 6.00. The Balaban J connectivity index is 3.17. The van der Waals surface area contributed by atoms with E-state index < -0.39 is 0 Å². The first-order valence-electron chi connectivity index (χ1n) is 5.36. The van der Waals surface area contributed by atoms with Crippen molar-refractivity contribution in [3.8, 4) is 5.75 Å². The fourth-order valence-corrected chi connectivity index (χ4v) is 1.71. The molecule has 0 aliphatic rings. The minimum Gasteiger partial charge on any atom is -0.493 e. The maximum absolute atomic E-state index is 11.8. The van der Waals surface area contributed by atoms with Crippen molar-refractivity contribution in [2.45, 2.75) is 20.8 Å². The third-order valence-electron chi connectivity index (χ3n) is 2.28. The van der Waals surface area contributed by atoms with Gasteiger partial charge in [0.2, 0.25) is 0 Å². The number of rotatable bonds is 5. The van der Waals surface area contributed by atoms with Gasteiger partial charge in [0.05, 0.1) is 12.2 Å². The number of hydrogen-bond donors (Lipinski definition) is 0. The van der Waals surface area contributed by atoms with Crippen LogP contribution in [0.1, 0.15) is 28.4 Å². The Morgan fingerprint density at radius 3 is 2.56 bits per heavy atom. The van der Waals surface area contributed by atoms with Crippen LogP contribution in [0.5, 0.6) is 5.75 Å². The van der Waals surface area contributed by atoms with Gasteiger partial charge >= 0.3 is 0 Å². The molecule has 88 valence electrons. The number of carbonyl (C=O) groups excluding carboxylic acids is 1. The van der Waals surface area contributed by atoms with Gasteiger partial charge in [0, 0.05) is 7.11 Å². The number of ketones is 1. The molecule has 0 saturated carbocycles. The standard InChI is InChI=1S/C13H18O3/c1-5-16-13-10(3)6-9(2)7-11(13)12(14)8-15-4/h6-7H,5,8H2,1-4H3. The van der Waals surface area contributed by atoms with Gasteiger partial charge in [0.15, 0.2) is 5.78 Å². The SMILES string of the molecule is CCOc1c(C)cc(C)cc1C(=O)COC. The van der Waals surface area contributed by atoms with Crippen LogP contribution in [0.25, 0.3) is 0 Å². The summed E-state index contributed by atoms with van der Waals surface area (Å²) in [6.45, 7) is 6.46. The lowest BCUT2D eigenvalue weighted by molar-refractivity contribution is 0.0844. The summed E-state index contributed by atoms with van der Waals surface area (Å²) in [5.74, 6) is 0.632. The minimum absolute atomic E-state index is 0.0437.